The molecule has 0 spiro atoms. The van der Waals surface area contributed by atoms with Crippen molar-refractivity contribution < 1.29 is 4.39 Å². The predicted molar refractivity (Wildman–Crippen MR) is 355 cm³/mol. The molecule has 3 fully saturated rings. The molecule has 8 aromatic heterocycles. The van der Waals surface area contributed by atoms with E-state index in [-0.39, 0.29) is 16.9 Å². The van der Waals surface area contributed by atoms with Gasteiger partial charge in [0.25, 0.3) is 0 Å². The van der Waals surface area contributed by atoms with E-state index in [0.29, 0.717) is 23.4 Å². The molecule has 3 N–H and O–H groups in total. The van der Waals surface area contributed by atoms with Gasteiger partial charge in [0.2, 0.25) is 0 Å². The number of pyridine rings is 1. The van der Waals surface area contributed by atoms with Gasteiger partial charge in [0, 0.05) is 54.0 Å². The first-order valence-electron chi connectivity index (χ1n) is 30.4. The van der Waals surface area contributed by atoms with Gasteiger partial charge < -0.3 is 29.8 Å². The van der Waals surface area contributed by atoms with Crippen LogP contribution in [0.2, 0.25) is 0 Å². The molecule has 3 saturated heterocycles. The molecule has 4 aromatic carbocycles. The second-order valence-corrected chi connectivity index (χ2v) is 28.7. The van der Waals surface area contributed by atoms with E-state index in [2.05, 4.69) is 179 Å². The van der Waals surface area contributed by atoms with Gasteiger partial charge >= 0.3 is 0 Å². The molecule has 0 saturated carbocycles. The number of benzene rings is 4. The number of aromatic amines is 1. The molecule has 14 nitrogen and oxygen atoms in total. The molecule has 0 atom stereocenters. The second-order valence-electron chi connectivity index (χ2n) is 25.6. The van der Waals surface area contributed by atoms with Gasteiger partial charge in [0.15, 0.2) is 16.6 Å². The largest absolute Gasteiger partial charge is 0.348 e. The van der Waals surface area contributed by atoms with E-state index in [1.54, 1.807) is 33.3 Å². The zero-order valence-electron chi connectivity index (χ0n) is 51.3. The fraction of sp³-hybridized carbons (Fsp3) is 0.397. The summed E-state index contributed by atoms with van der Waals surface area (Å²) < 4.78 is 22.1. The summed E-state index contributed by atoms with van der Waals surface area (Å²) in [4.78, 5) is 36.4. The van der Waals surface area contributed by atoms with E-state index in [1.807, 2.05) is 49.6 Å². The summed E-state index contributed by atoms with van der Waals surface area (Å²) in [5.41, 5.74) is 17.8. The molecule has 18 heteroatoms. The Morgan fingerprint density at radius 2 is 1.30 bits per heavy atom. The minimum atomic E-state index is -0.276. The van der Waals surface area contributed by atoms with Gasteiger partial charge in [-0.3, -0.25) is 0 Å². The summed E-state index contributed by atoms with van der Waals surface area (Å²) in [6, 6.07) is 27.9. The smallest absolute Gasteiger partial charge is 0.186 e. The fourth-order valence-corrected chi connectivity index (χ4v) is 16.7. The van der Waals surface area contributed by atoms with Gasteiger partial charge in [-0.2, -0.15) is 5.10 Å². The van der Waals surface area contributed by atoms with Crippen LogP contribution in [0, 0.1) is 33.5 Å². The van der Waals surface area contributed by atoms with E-state index in [9.17, 15) is 4.39 Å². The number of thiazole rings is 3. The zero-order valence-corrected chi connectivity index (χ0v) is 53.7. The number of piperidine rings is 3. The van der Waals surface area contributed by atoms with Crippen molar-refractivity contribution in [3.63, 3.8) is 0 Å². The number of hydrogen-bond acceptors (Lipinski definition) is 14. The molecule has 0 aliphatic carbocycles. The zero-order chi connectivity index (χ0) is 59.8. The van der Waals surface area contributed by atoms with Crippen molar-refractivity contribution in [2.75, 3.05) is 45.2 Å². The number of likely N-dealkylation sites (tertiary alicyclic amines) is 1. The SMILES string of the molecule is CCc1cc(-c2ccc3nc(N(C)C4CC(C)(C)NC(C)(C)C4)sc3c2)cn2cc(C)nc12.Cc1cn2nc(-c3cc(F)c4nc(C5CCN(C)CC5)sc4c3)ccc2n1.Cc1nc2c(C)cc(-c3ccc4nc(C5CCNCC5)sc4c3)cc2[nH]1. The Labute approximate surface area is 514 Å². The number of nitrogens with zero attached hydrogens (tertiary/aromatic N) is 11. The summed E-state index contributed by atoms with van der Waals surface area (Å²) in [5, 5.41) is 15.3. The fourth-order valence-electron chi connectivity index (χ4n) is 13.3. The molecule has 15 rings (SSSR count). The Bertz CT molecular complexity index is 4450. The van der Waals surface area contributed by atoms with Crippen LogP contribution in [-0.2, 0) is 6.42 Å². The minimum Gasteiger partial charge on any atom is -0.348 e. The maximum Gasteiger partial charge on any atom is 0.186 e. The topological polar surface area (TPSA) is 145 Å². The standard InChI is InChI=1S/C27H35N5S.C21H22N4S.C20H20FN5S/c1-8-18-11-20(16-32-15-17(2)28-24(18)32)19-9-10-22-23(12-19)33-25(29-22)31(7)21-13-26(3,4)30-27(5,6)14-21;1-12-9-16(10-18-20(12)24-13(2)23-18)15-3-4-17-19(11-15)26-21(25-17)14-5-7-22-8-6-14;1-12-11-26-18(22-12)4-3-16(24-26)14-9-15(21)19-17(10-14)27-20(23-19)13-5-7-25(2)8-6-13/h9-12,15-16,21,30H,8,13-14H2,1-7H3;3-4,9-11,14,22H,5-8H2,1-2H3,(H,23,24);3-4,9-11,13H,5-8H2,1-2H3. The number of fused-ring (bicyclic) bond motifs is 6. The molecule has 3 aliphatic heterocycles. The molecule has 0 bridgehead atoms. The highest BCUT2D eigenvalue weighted by molar-refractivity contribution is 7.22. The van der Waals surface area contributed by atoms with E-state index in [4.69, 9.17) is 15.0 Å². The van der Waals surface area contributed by atoms with Crippen LogP contribution in [0.25, 0.3) is 86.5 Å². The highest BCUT2D eigenvalue weighted by Crippen LogP contribution is 2.40. The number of hydrogen-bond donors (Lipinski definition) is 3. The molecule has 3 aliphatic rings. The van der Waals surface area contributed by atoms with Gasteiger partial charge in [-0.25, -0.2) is 38.8 Å². The molecular weight excluding hydrogens is 1130 g/mol. The van der Waals surface area contributed by atoms with Crippen LogP contribution in [0.15, 0.2) is 97.5 Å². The van der Waals surface area contributed by atoms with Gasteiger partial charge in [-0.15, -0.1) is 22.7 Å². The molecule has 0 unspecified atom stereocenters. The molecule has 12 aromatic rings. The van der Waals surface area contributed by atoms with Gasteiger partial charge in [-0.1, -0.05) is 30.4 Å². The Morgan fingerprint density at radius 1 is 0.640 bits per heavy atom. The van der Waals surface area contributed by atoms with E-state index < -0.39 is 0 Å². The molecule has 0 radical (unpaired) electrons. The molecule has 86 heavy (non-hydrogen) atoms. The van der Waals surface area contributed by atoms with Crippen LogP contribution in [0.3, 0.4) is 0 Å². The van der Waals surface area contributed by atoms with Crippen molar-refractivity contribution in [2.24, 2.45) is 0 Å². The lowest BCUT2D eigenvalue weighted by atomic mass is 9.79. The van der Waals surface area contributed by atoms with Gasteiger partial charge in [-0.05, 0) is 234 Å². The Hall–Kier alpha value is -7.06. The lowest BCUT2D eigenvalue weighted by Crippen LogP contribution is -2.61. The lowest BCUT2D eigenvalue weighted by molar-refractivity contribution is 0.161. The minimum absolute atomic E-state index is 0.117. The molecule has 0 amide bonds. The summed E-state index contributed by atoms with van der Waals surface area (Å²) in [7, 11) is 4.36. The summed E-state index contributed by atoms with van der Waals surface area (Å²) in [6.45, 7) is 23.9. The Balaban J connectivity index is 0.000000121. The molecular formula is C68H77FN14S3. The number of imidazole rings is 3. The van der Waals surface area contributed by atoms with E-state index in [1.165, 1.54) is 60.6 Å². The monoisotopic (exact) mass is 1200 g/mol. The number of halogens is 1. The first-order valence-corrected chi connectivity index (χ1v) is 32.8. The van der Waals surface area contributed by atoms with E-state index in [0.717, 1.165) is 135 Å². The summed E-state index contributed by atoms with van der Waals surface area (Å²) in [5.74, 6) is 1.74. The number of aromatic nitrogens is 10. The molecule has 11 heterocycles. The van der Waals surface area contributed by atoms with Crippen LogP contribution in [-0.4, -0.2) is 111 Å². The number of anilines is 1. The Kier molecular flexibility index (Phi) is 15.7. The van der Waals surface area contributed by atoms with Crippen LogP contribution in [0.4, 0.5) is 9.52 Å². The van der Waals surface area contributed by atoms with Crippen LogP contribution in [0.5, 0.6) is 0 Å². The first-order chi connectivity index (χ1) is 41.3. The number of aryl methyl sites for hydroxylation is 5. The average Bonchev–Trinajstić information content (AvgIpc) is 3.18. The van der Waals surface area contributed by atoms with Crippen LogP contribution >= 0.6 is 34.0 Å². The van der Waals surface area contributed by atoms with Crippen molar-refractivity contribution in [3.8, 4) is 33.5 Å². The van der Waals surface area contributed by atoms with Gasteiger partial charge in [0.05, 0.1) is 69.5 Å². The van der Waals surface area contributed by atoms with Crippen molar-refractivity contribution >= 4 is 92.1 Å². The number of nitrogens with one attached hydrogen (secondary N) is 3. The van der Waals surface area contributed by atoms with Gasteiger partial charge in [0.1, 0.15) is 17.0 Å². The Morgan fingerprint density at radius 3 is 2.05 bits per heavy atom. The third-order valence-electron chi connectivity index (χ3n) is 17.4. The summed E-state index contributed by atoms with van der Waals surface area (Å²) in [6.07, 6.45) is 13.9. The normalized spacial score (nSPS) is 17.0. The quantitative estimate of drug-likeness (QED) is 0.134. The maximum absolute atomic E-state index is 14.8. The predicted octanol–water partition coefficient (Wildman–Crippen LogP) is 15.4. The third kappa shape index (κ3) is 12.0. The average molecular weight is 1210 g/mol. The highest BCUT2D eigenvalue weighted by atomic mass is 32.1. The first kappa shape index (κ1) is 58.0. The number of rotatable bonds is 8. The maximum atomic E-state index is 14.8. The van der Waals surface area contributed by atoms with Crippen molar-refractivity contribution in [3.05, 3.63) is 142 Å². The van der Waals surface area contributed by atoms with Crippen LogP contribution in [0.1, 0.15) is 123 Å². The van der Waals surface area contributed by atoms with Crippen LogP contribution < -0.4 is 15.5 Å². The highest BCUT2D eigenvalue weighted by Gasteiger charge is 2.40. The number of H-pyrrole nitrogens is 1. The summed E-state index contributed by atoms with van der Waals surface area (Å²) >= 11 is 5.29. The van der Waals surface area contributed by atoms with E-state index >= 15 is 0 Å². The lowest BCUT2D eigenvalue weighted by Gasteiger charge is -2.48. The second kappa shape index (κ2) is 23.2. The van der Waals surface area contributed by atoms with Crippen molar-refractivity contribution in [2.45, 2.75) is 136 Å². The third-order valence-corrected chi connectivity index (χ3v) is 20.9. The van der Waals surface area contributed by atoms with Crippen molar-refractivity contribution in [1.82, 2.24) is 64.4 Å². The molecule has 444 valence electrons. The van der Waals surface area contributed by atoms with Crippen molar-refractivity contribution in [1.29, 1.82) is 0 Å².